The van der Waals surface area contributed by atoms with Gasteiger partial charge in [0, 0.05) is 12.1 Å². The van der Waals surface area contributed by atoms with Gasteiger partial charge in [-0.05, 0) is 30.7 Å². The average molecular weight is 408 g/mol. The predicted octanol–water partition coefficient (Wildman–Crippen LogP) is 1.81. The van der Waals surface area contributed by atoms with Crippen molar-refractivity contribution in [2.45, 2.75) is 13.0 Å². The van der Waals surface area contributed by atoms with E-state index in [-0.39, 0.29) is 17.1 Å². The lowest BCUT2D eigenvalue weighted by Crippen LogP contribution is -2.39. The number of esters is 1. The van der Waals surface area contributed by atoms with Crippen molar-refractivity contribution in [1.29, 1.82) is 0 Å². The molecule has 0 bridgehead atoms. The monoisotopic (exact) mass is 408 g/mol. The summed E-state index contributed by atoms with van der Waals surface area (Å²) in [6.45, 7) is 1.82. The van der Waals surface area contributed by atoms with Crippen LogP contribution in [0.3, 0.4) is 0 Å². The van der Waals surface area contributed by atoms with Crippen molar-refractivity contribution in [3.63, 3.8) is 0 Å². The maximum Gasteiger partial charge on any atom is 0.355 e. The Hall–Kier alpha value is -4.08. The first kappa shape index (κ1) is 19.2. The number of hydrazone groups is 1. The number of para-hydroxylation sites is 1. The third-order valence-electron chi connectivity index (χ3n) is 5.12. The van der Waals surface area contributed by atoms with Crippen LogP contribution < -0.4 is 9.91 Å². The van der Waals surface area contributed by atoms with E-state index in [4.69, 9.17) is 4.74 Å². The average Bonchev–Trinajstić information content (AvgIpc) is 3.25. The van der Waals surface area contributed by atoms with Crippen LogP contribution in [0.15, 0.2) is 53.6 Å². The predicted molar refractivity (Wildman–Crippen MR) is 106 cm³/mol. The Kier molecular flexibility index (Phi) is 4.53. The fraction of sp³-hybridized carbons (Fsp3) is 0.200. The van der Waals surface area contributed by atoms with E-state index < -0.39 is 34.7 Å². The van der Waals surface area contributed by atoms with Crippen LogP contribution in [-0.2, 0) is 19.1 Å². The van der Waals surface area contributed by atoms with E-state index in [1.165, 1.54) is 36.4 Å². The summed E-state index contributed by atoms with van der Waals surface area (Å²) in [6.07, 6.45) is 0. The molecule has 0 aliphatic carbocycles. The number of benzene rings is 2. The SMILES string of the molecule is COC(=O)C1=NN(c2ccccc2C)[C@@H]2C(=O)N(c3ccc([N+](=O)[O-])cc3)C(=O)[C@@H]12. The van der Waals surface area contributed by atoms with E-state index in [0.717, 1.165) is 10.5 Å². The number of anilines is 2. The van der Waals surface area contributed by atoms with Crippen LogP contribution in [0.1, 0.15) is 5.56 Å². The highest BCUT2D eigenvalue weighted by molar-refractivity contribution is 6.47. The first-order chi connectivity index (χ1) is 14.3. The van der Waals surface area contributed by atoms with Gasteiger partial charge in [0.1, 0.15) is 12.0 Å². The van der Waals surface area contributed by atoms with Gasteiger partial charge in [0.2, 0.25) is 5.91 Å². The smallest absolute Gasteiger partial charge is 0.355 e. The van der Waals surface area contributed by atoms with Crippen LogP contribution >= 0.6 is 0 Å². The summed E-state index contributed by atoms with van der Waals surface area (Å²) in [5.74, 6) is -3.16. The number of nitrogens with zero attached hydrogens (tertiary/aromatic N) is 4. The summed E-state index contributed by atoms with van der Waals surface area (Å²) < 4.78 is 4.77. The number of fused-ring (bicyclic) bond motifs is 1. The van der Waals surface area contributed by atoms with Crippen LogP contribution in [0.25, 0.3) is 0 Å². The molecular formula is C20H16N4O6. The van der Waals surface area contributed by atoms with E-state index in [1.54, 1.807) is 12.1 Å². The Balaban J connectivity index is 1.79. The second kappa shape index (κ2) is 7.07. The molecule has 2 aliphatic heterocycles. The number of ether oxygens (including phenoxy) is 1. The number of nitro benzene ring substituents is 1. The molecule has 4 rings (SSSR count). The number of hydrogen-bond donors (Lipinski definition) is 0. The lowest BCUT2D eigenvalue weighted by atomic mass is 9.97. The first-order valence-electron chi connectivity index (χ1n) is 8.99. The van der Waals surface area contributed by atoms with Crippen LogP contribution in [0.5, 0.6) is 0 Å². The number of hydrogen-bond acceptors (Lipinski definition) is 8. The van der Waals surface area contributed by atoms with Crippen molar-refractivity contribution in [3.8, 4) is 0 Å². The molecule has 2 aromatic carbocycles. The molecule has 1 saturated heterocycles. The molecule has 0 N–H and O–H groups in total. The van der Waals surface area contributed by atoms with Crippen LogP contribution in [0.4, 0.5) is 17.1 Å². The Morgan fingerprint density at radius 1 is 1.10 bits per heavy atom. The van der Waals surface area contributed by atoms with E-state index in [2.05, 4.69) is 5.10 Å². The second-order valence-electron chi connectivity index (χ2n) is 6.82. The highest BCUT2D eigenvalue weighted by Crippen LogP contribution is 2.39. The van der Waals surface area contributed by atoms with Crippen molar-refractivity contribution in [3.05, 3.63) is 64.2 Å². The van der Waals surface area contributed by atoms with E-state index >= 15 is 0 Å². The number of rotatable bonds is 4. The maximum atomic E-state index is 13.3. The molecule has 2 heterocycles. The zero-order valence-corrected chi connectivity index (χ0v) is 16.0. The molecule has 10 nitrogen and oxygen atoms in total. The van der Waals surface area contributed by atoms with Gasteiger partial charge in [-0.25, -0.2) is 9.69 Å². The summed E-state index contributed by atoms with van der Waals surface area (Å²) >= 11 is 0. The van der Waals surface area contributed by atoms with Gasteiger partial charge < -0.3 is 4.74 Å². The van der Waals surface area contributed by atoms with Crippen molar-refractivity contribution in [2.24, 2.45) is 11.0 Å². The van der Waals surface area contributed by atoms with Gasteiger partial charge in [-0.1, -0.05) is 18.2 Å². The van der Waals surface area contributed by atoms with Crippen molar-refractivity contribution < 1.29 is 24.0 Å². The quantitative estimate of drug-likeness (QED) is 0.327. The zero-order chi connectivity index (χ0) is 21.6. The number of nitro groups is 1. The van der Waals surface area contributed by atoms with Gasteiger partial charge in [0.25, 0.3) is 11.6 Å². The molecule has 0 radical (unpaired) electrons. The van der Waals surface area contributed by atoms with Gasteiger partial charge in [0.15, 0.2) is 5.71 Å². The van der Waals surface area contributed by atoms with Gasteiger partial charge in [-0.15, -0.1) is 0 Å². The van der Waals surface area contributed by atoms with Crippen molar-refractivity contribution in [1.82, 2.24) is 0 Å². The summed E-state index contributed by atoms with van der Waals surface area (Å²) in [5, 5.41) is 16.5. The fourth-order valence-electron chi connectivity index (χ4n) is 3.68. The molecule has 30 heavy (non-hydrogen) atoms. The largest absolute Gasteiger partial charge is 0.464 e. The fourth-order valence-corrected chi connectivity index (χ4v) is 3.68. The highest BCUT2D eigenvalue weighted by Gasteiger charge is 2.59. The van der Waals surface area contributed by atoms with Gasteiger partial charge >= 0.3 is 5.97 Å². The standard InChI is InChI=1S/C20H16N4O6/c1-11-5-3-4-6-14(11)23-17-15(16(21-23)20(27)30-2)18(25)22(19(17)26)12-7-9-13(10-8-12)24(28)29/h3-10,15,17H,1-2H3/t15-,17-/m0/s1. The molecule has 1 fully saturated rings. The number of methoxy groups -OCH3 is 1. The Morgan fingerprint density at radius 2 is 1.77 bits per heavy atom. The lowest BCUT2D eigenvalue weighted by molar-refractivity contribution is -0.384. The first-order valence-corrected chi connectivity index (χ1v) is 8.99. The van der Waals surface area contributed by atoms with E-state index in [0.29, 0.717) is 5.69 Å². The molecular weight excluding hydrogens is 392 g/mol. The highest BCUT2D eigenvalue weighted by atomic mass is 16.6. The molecule has 0 saturated carbocycles. The minimum Gasteiger partial charge on any atom is -0.464 e. The molecule has 0 unspecified atom stereocenters. The van der Waals surface area contributed by atoms with Gasteiger partial charge in [-0.2, -0.15) is 5.10 Å². The molecule has 10 heteroatoms. The Labute approximate surface area is 170 Å². The summed E-state index contributed by atoms with van der Waals surface area (Å²) in [5.41, 5.74) is 1.24. The molecule has 0 spiro atoms. The molecule has 2 aromatic rings. The van der Waals surface area contributed by atoms with Gasteiger partial charge in [0.05, 0.1) is 23.4 Å². The lowest BCUT2D eigenvalue weighted by Gasteiger charge is -2.23. The normalized spacial score (nSPS) is 20.3. The number of carbonyl (C=O) groups is 3. The van der Waals surface area contributed by atoms with Gasteiger partial charge in [-0.3, -0.25) is 24.7 Å². The Bertz CT molecular complexity index is 1110. The maximum absolute atomic E-state index is 13.3. The molecule has 2 atom stereocenters. The van der Waals surface area contributed by atoms with E-state index in [1.807, 2.05) is 19.1 Å². The number of amides is 2. The third-order valence-corrected chi connectivity index (χ3v) is 5.12. The van der Waals surface area contributed by atoms with E-state index in [9.17, 15) is 24.5 Å². The van der Waals surface area contributed by atoms with Crippen LogP contribution in [-0.4, -0.2) is 41.6 Å². The molecule has 152 valence electrons. The van der Waals surface area contributed by atoms with Crippen LogP contribution in [0, 0.1) is 23.0 Å². The molecule has 2 amide bonds. The number of imide groups is 1. The number of aryl methyl sites for hydroxylation is 1. The summed E-state index contributed by atoms with van der Waals surface area (Å²) in [7, 11) is 1.17. The molecule has 0 aromatic heterocycles. The second-order valence-corrected chi connectivity index (χ2v) is 6.82. The minimum atomic E-state index is -1.14. The third kappa shape index (κ3) is 2.81. The zero-order valence-electron chi connectivity index (χ0n) is 16.0. The summed E-state index contributed by atoms with van der Waals surface area (Å²) in [4.78, 5) is 50.0. The minimum absolute atomic E-state index is 0.159. The topological polar surface area (TPSA) is 122 Å². The number of carbonyl (C=O) groups excluding carboxylic acids is 3. The number of non-ortho nitro benzene ring substituents is 1. The molecule has 2 aliphatic rings. The summed E-state index contributed by atoms with van der Waals surface area (Å²) in [6, 6.07) is 11.2. The van der Waals surface area contributed by atoms with Crippen molar-refractivity contribution in [2.75, 3.05) is 17.0 Å². The Morgan fingerprint density at radius 3 is 2.37 bits per heavy atom. The van der Waals surface area contributed by atoms with Crippen LogP contribution in [0.2, 0.25) is 0 Å². The van der Waals surface area contributed by atoms with Crippen molar-refractivity contribution >= 4 is 40.6 Å².